The van der Waals surface area contributed by atoms with Gasteiger partial charge in [-0.2, -0.15) is 0 Å². The van der Waals surface area contributed by atoms with Gasteiger partial charge in [-0.1, -0.05) is 12.1 Å². The van der Waals surface area contributed by atoms with Crippen LogP contribution >= 0.6 is 0 Å². The normalized spacial score (nSPS) is 10.1. The molecule has 0 saturated heterocycles. The minimum atomic E-state index is 0.561. The molecule has 1 aromatic carbocycles. The van der Waals surface area contributed by atoms with Crippen molar-refractivity contribution >= 4 is 0 Å². The first-order valence-electron chi connectivity index (χ1n) is 4.86. The quantitative estimate of drug-likeness (QED) is 0.701. The van der Waals surface area contributed by atoms with Crippen molar-refractivity contribution in [2.45, 2.75) is 13.5 Å². The molecule has 1 rings (SSSR count). The van der Waals surface area contributed by atoms with E-state index in [1.807, 2.05) is 31.2 Å². The number of benzene rings is 1. The van der Waals surface area contributed by atoms with Crippen LogP contribution in [0.1, 0.15) is 12.5 Å². The Balaban J connectivity index is 2.46. The lowest BCUT2D eigenvalue weighted by Gasteiger charge is -2.06. The molecule has 0 atom stereocenters. The maximum Gasteiger partial charge on any atom is 0.119 e. The predicted octanol–water partition coefficient (Wildman–Crippen LogP) is 1.56. The molecule has 2 N–H and O–H groups in total. The van der Waals surface area contributed by atoms with E-state index in [4.69, 9.17) is 15.2 Å². The van der Waals surface area contributed by atoms with E-state index < -0.39 is 0 Å². The van der Waals surface area contributed by atoms with Gasteiger partial charge < -0.3 is 15.2 Å². The fraction of sp³-hybridized carbons (Fsp3) is 0.455. The number of hydrogen-bond acceptors (Lipinski definition) is 3. The highest BCUT2D eigenvalue weighted by Crippen LogP contribution is 2.13. The van der Waals surface area contributed by atoms with Gasteiger partial charge in [-0.3, -0.25) is 0 Å². The van der Waals surface area contributed by atoms with Crippen LogP contribution in [0.4, 0.5) is 0 Å². The van der Waals surface area contributed by atoms with Gasteiger partial charge >= 0.3 is 0 Å². The van der Waals surface area contributed by atoms with Crippen LogP contribution in [-0.2, 0) is 11.3 Å². The monoisotopic (exact) mass is 195 g/mol. The lowest BCUT2D eigenvalue weighted by molar-refractivity contribution is 0.128. The first kappa shape index (κ1) is 11.0. The second-order valence-corrected chi connectivity index (χ2v) is 2.92. The van der Waals surface area contributed by atoms with E-state index in [9.17, 15) is 0 Å². The molecule has 78 valence electrons. The van der Waals surface area contributed by atoms with Crippen molar-refractivity contribution in [3.05, 3.63) is 29.8 Å². The average Bonchev–Trinajstić information content (AvgIpc) is 2.19. The first-order valence-corrected chi connectivity index (χ1v) is 4.86. The molecule has 0 spiro atoms. The van der Waals surface area contributed by atoms with E-state index >= 15 is 0 Å². The van der Waals surface area contributed by atoms with Crippen LogP contribution in [-0.4, -0.2) is 19.8 Å². The van der Waals surface area contributed by atoms with Gasteiger partial charge in [0.1, 0.15) is 5.75 Å². The largest absolute Gasteiger partial charge is 0.494 e. The second kappa shape index (κ2) is 6.40. The molecule has 1 aromatic rings. The van der Waals surface area contributed by atoms with Crippen LogP contribution in [0, 0.1) is 0 Å². The Morgan fingerprint density at radius 1 is 1.36 bits per heavy atom. The van der Waals surface area contributed by atoms with Gasteiger partial charge in [0.15, 0.2) is 0 Å². The minimum Gasteiger partial charge on any atom is -0.494 e. The maximum absolute atomic E-state index is 5.37. The van der Waals surface area contributed by atoms with Crippen LogP contribution in [0.3, 0.4) is 0 Å². The smallest absolute Gasteiger partial charge is 0.119 e. The molecule has 0 aromatic heterocycles. The summed E-state index contributed by atoms with van der Waals surface area (Å²) in [5.74, 6) is 0.890. The summed E-state index contributed by atoms with van der Waals surface area (Å²) in [5.41, 5.74) is 6.44. The zero-order valence-corrected chi connectivity index (χ0v) is 8.53. The first-order chi connectivity index (χ1) is 6.86. The Hall–Kier alpha value is -1.06. The lowest BCUT2D eigenvalue weighted by Crippen LogP contribution is -2.08. The van der Waals surface area contributed by atoms with Gasteiger partial charge in [0.05, 0.1) is 19.8 Å². The highest BCUT2D eigenvalue weighted by atomic mass is 16.5. The molecular weight excluding hydrogens is 178 g/mol. The molecule has 0 bridgehead atoms. The van der Waals surface area contributed by atoms with Crippen molar-refractivity contribution in [1.29, 1.82) is 0 Å². The summed E-state index contributed by atoms with van der Waals surface area (Å²) in [5, 5.41) is 0. The van der Waals surface area contributed by atoms with Crippen molar-refractivity contribution in [2.75, 3.05) is 19.8 Å². The van der Waals surface area contributed by atoms with Crippen LogP contribution in [0.15, 0.2) is 24.3 Å². The lowest BCUT2D eigenvalue weighted by atomic mass is 10.2. The Labute approximate surface area is 84.8 Å². The molecule has 14 heavy (non-hydrogen) atoms. The molecule has 3 heteroatoms. The molecule has 0 saturated carbocycles. The summed E-state index contributed by atoms with van der Waals surface area (Å²) in [4.78, 5) is 0. The van der Waals surface area contributed by atoms with Crippen LogP contribution in [0.2, 0.25) is 0 Å². The third-order valence-corrected chi connectivity index (χ3v) is 1.74. The molecule has 0 aliphatic carbocycles. The summed E-state index contributed by atoms with van der Waals surface area (Å²) in [6.45, 7) is 4.41. The molecule has 0 radical (unpaired) electrons. The molecule has 0 amide bonds. The highest BCUT2D eigenvalue weighted by Gasteiger charge is 1.95. The standard InChI is InChI=1S/C11H17NO2/c1-2-14-11-5-3-4-10(8-11)9-13-7-6-12/h3-5,8H,2,6-7,9,12H2,1H3. The highest BCUT2D eigenvalue weighted by molar-refractivity contribution is 5.27. The van der Waals surface area contributed by atoms with Gasteiger partial charge in [-0.05, 0) is 24.6 Å². The van der Waals surface area contributed by atoms with Gasteiger partial charge in [-0.25, -0.2) is 0 Å². The zero-order valence-electron chi connectivity index (χ0n) is 8.53. The van der Waals surface area contributed by atoms with Gasteiger partial charge in [0, 0.05) is 6.54 Å². The van der Waals surface area contributed by atoms with Crippen molar-refractivity contribution in [3.8, 4) is 5.75 Å². The van der Waals surface area contributed by atoms with Crippen LogP contribution in [0.5, 0.6) is 5.75 Å². The van der Waals surface area contributed by atoms with E-state index in [1.165, 1.54) is 0 Å². The molecule has 0 unspecified atom stereocenters. The van der Waals surface area contributed by atoms with E-state index in [0.717, 1.165) is 11.3 Å². The third-order valence-electron chi connectivity index (χ3n) is 1.74. The molecular formula is C11H17NO2. The number of hydrogen-bond donors (Lipinski definition) is 1. The van der Waals surface area contributed by atoms with E-state index in [2.05, 4.69) is 0 Å². The summed E-state index contributed by atoms with van der Waals surface area (Å²) >= 11 is 0. The fourth-order valence-corrected chi connectivity index (χ4v) is 1.17. The molecule has 0 heterocycles. The van der Waals surface area contributed by atoms with Crippen molar-refractivity contribution in [1.82, 2.24) is 0 Å². The summed E-state index contributed by atoms with van der Waals surface area (Å²) in [6.07, 6.45) is 0. The maximum atomic E-state index is 5.37. The van der Waals surface area contributed by atoms with E-state index in [-0.39, 0.29) is 0 Å². The number of ether oxygens (including phenoxy) is 2. The topological polar surface area (TPSA) is 44.5 Å². The minimum absolute atomic E-state index is 0.561. The fourth-order valence-electron chi connectivity index (χ4n) is 1.17. The Morgan fingerprint density at radius 2 is 2.21 bits per heavy atom. The third kappa shape index (κ3) is 3.77. The molecule has 0 fully saturated rings. The Morgan fingerprint density at radius 3 is 2.93 bits per heavy atom. The predicted molar refractivity (Wildman–Crippen MR) is 56.3 cm³/mol. The molecule has 0 aliphatic rings. The second-order valence-electron chi connectivity index (χ2n) is 2.92. The average molecular weight is 195 g/mol. The number of nitrogens with two attached hydrogens (primary N) is 1. The van der Waals surface area contributed by atoms with Gasteiger partial charge in [0.25, 0.3) is 0 Å². The van der Waals surface area contributed by atoms with Gasteiger partial charge in [0.2, 0.25) is 0 Å². The summed E-state index contributed by atoms with van der Waals surface area (Å²) < 4.78 is 10.7. The number of rotatable bonds is 6. The van der Waals surface area contributed by atoms with Crippen LogP contribution in [0.25, 0.3) is 0 Å². The van der Waals surface area contributed by atoms with Crippen molar-refractivity contribution < 1.29 is 9.47 Å². The molecule has 3 nitrogen and oxygen atoms in total. The van der Waals surface area contributed by atoms with Crippen molar-refractivity contribution in [3.63, 3.8) is 0 Å². The van der Waals surface area contributed by atoms with E-state index in [0.29, 0.717) is 26.4 Å². The van der Waals surface area contributed by atoms with Gasteiger partial charge in [-0.15, -0.1) is 0 Å². The Bertz CT molecular complexity index is 263. The SMILES string of the molecule is CCOc1cccc(COCCN)c1. The Kier molecular flexibility index (Phi) is 5.04. The molecule has 0 aliphatic heterocycles. The zero-order chi connectivity index (χ0) is 10.2. The van der Waals surface area contributed by atoms with Crippen LogP contribution < -0.4 is 10.5 Å². The van der Waals surface area contributed by atoms with E-state index in [1.54, 1.807) is 0 Å². The summed E-state index contributed by atoms with van der Waals surface area (Å²) in [7, 11) is 0. The van der Waals surface area contributed by atoms with Crippen molar-refractivity contribution in [2.24, 2.45) is 5.73 Å². The summed E-state index contributed by atoms with van der Waals surface area (Å²) in [6, 6.07) is 7.90.